The van der Waals surface area contributed by atoms with E-state index in [1.807, 2.05) is 31.6 Å². The maximum absolute atomic E-state index is 5.68. The van der Waals surface area contributed by atoms with Gasteiger partial charge in [0.25, 0.3) is 0 Å². The van der Waals surface area contributed by atoms with E-state index in [4.69, 9.17) is 4.74 Å². The molecule has 0 unspecified atom stereocenters. The molecule has 0 aliphatic heterocycles. The van der Waals surface area contributed by atoms with Gasteiger partial charge in [-0.25, -0.2) is 0 Å². The Labute approximate surface area is 117 Å². The Hall–Kier alpha value is -0.900. The Morgan fingerprint density at radius 1 is 1.11 bits per heavy atom. The lowest BCUT2D eigenvalue weighted by molar-refractivity contribution is -0.0165. The van der Waals surface area contributed by atoms with Crippen LogP contribution in [-0.4, -0.2) is 20.6 Å². The maximum atomic E-state index is 5.68. The zero-order valence-electron chi connectivity index (χ0n) is 13.4. The lowest BCUT2D eigenvalue weighted by Crippen LogP contribution is -2.18. The highest BCUT2D eigenvalue weighted by Gasteiger charge is 2.12. The van der Waals surface area contributed by atoms with Gasteiger partial charge in [-0.05, 0) is 39.0 Å². The molecule has 0 saturated heterocycles. The number of hydrogen-bond acceptors (Lipinski definition) is 3. The van der Waals surface area contributed by atoms with Gasteiger partial charge in [0.15, 0.2) is 0 Å². The van der Waals surface area contributed by atoms with E-state index >= 15 is 0 Å². The third-order valence-corrected chi connectivity index (χ3v) is 2.80. The third-order valence-electron chi connectivity index (χ3n) is 2.80. The molecule has 1 rings (SSSR count). The van der Waals surface area contributed by atoms with Gasteiger partial charge in [0, 0.05) is 6.54 Å². The third kappa shape index (κ3) is 7.98. The molecule has 1 aromatic heterocycles. The van der Waals surface area contributed by atoms with Crippen molar-refractivity contribution in [2.24, 2.45) is 5.41 Å². The second-order valence-corrected chi connectivity index (χ2v) is 7.39. The van der Waals surface area contributed by atoms with Gasteiger partial charge in [-0.1, -0.05) is 32.4 Å². The summed E-state index contributed by atoms with van der Waals surface area (Å²) in [5.74, 6) is 0. The number of ether oxygens (including phenoxy) is 1. The Bertz CT molecular complexity index is 371. The van der Waals surface area contributed by atoms with E-state index in [-0.39, 0.29) is 5.60 Å². The minimum absolute atomic E-state index is 0.128. The van der Waals surface area contributed by atoms with E-state index in [2.05, 4.69) is 31.1 Å². The summed E-state index contributed by atoms with van der Waals surface area (Å²) in [6.45, 7) is 14.5. The molecule has 110 valence electrons. The van der Waals surface area contributed by atoms with Crippen molar-refractivity contribution < 1.29 is 4.74 Å². The summed E-state index contributed by atoms with van der Waals surface area (Å²) < 4.78 is 7.60. The van der Waals surface area contributed by atoms with E-state index in [9.17, 15) is 0 Å². The van der Waals surface area contributed by atoms with Crippen molar-refractivity contribution in [1.29, 1.82) is 0 Å². The van der Waals surface area contributed by atoms with Crippen molar-refractivity contribution in [2.45, 2.75) is 79.6 Å². The first-order valence-electron chi connectivity index (χ1n) is 7.19. The van der Waals surface area contributed by atoms with Crippen LogP contribution >= 0.6 is 0 Å². The molecule has 0 bridgehead atoms. The van der Waals surface area contributed by atoms with Gasteiger partial charge in [0.1, 0.15) is 5.69 Å². The summed E-state index contributed by atoms with van der Waals surface area (Å²) >= 11 is 0. The van der Waals surface area contributed by atoms with Crippen LogP contribution in [0.5, 0.6) is 0 Å². The molecule has 0 saturated carbocycles. The summed E-state index contributed by atoms with van der Waals surface area (Å²) in [4.78, 5) is 0. The van der Waals surface area contributed by atoms with Crippen LogP contribution in [0.15, 0.2) is 6.20 Å². The molecule has 0 amide bonds. The number of aryl methyl sites for hydroxylation is 1. The number of hydrogen-bond donors (Lipinski definition) is 0. The molecule has 0 spiro atoms. The van der Waals surface area contributed by atoms with Crippen molar-refractivity contribution in [2.75, 3.05) is 0 Å². The molecule has 0 N–H and O–H groups in total. The molecule has 0 aliphatic rings. The first-order chi connectivity index (χ1) is 8.66. The molecule has 0 radical (unpaired) electrons. The highest BCUT2D eigenvalue weighted by atomic mass is 16.5. The standard InChI is InChI=1S/C15H29N3O/c1-14(2,3)9-7-8-10-18-11-13(16-17-18)12-19-15(4,5)6/h11H,7-10,12H2,1-6H3. The smallest absolute Gasteiger partial charge is 0.108 e. The molecule has 0 atom stereocenters. The van der Waals surface area contributed by atoms with E-state index in [0.29, 0.717) is 12.0 Å². The highest BCUT2D eigenvalue weighted by Crippen LogP contribution is 2.21. The molecule has 4 heteroatoms. The van der Waals surface area contributed by atoms with E-state index in [1.165, 1.54) is 12.8 Å². The molecule has 1 aromatic rings. The molecule has 19 heavy (non-hydrogen) atoms. The maximum Gasteiger partial charge on any atom is 0.108 e. The average Bonchev–Trinajstić information content (AvgIpc) is 2.67. The molecular weight excluding hydrogens is 238 g/mol. The van der Waals surface area contributed by atoms with E-state index in [1.54, 1.807) is 0 Å². The van der Waals surface area contributed by atoms with Crippen LogP contribution in [0.4, 0.5) is 0 Å². The number of rotatable bonds is 6. The molecule has 1 heterocycles. The minimum atomic E-state index is -0.128. The normalized spacial score (nSPS) is 12.9. The Morgan fingerprint density at radius 3 is 2.37 bits per heavy atom. The average molecular weight is 267 g/mol. The lowest BCUT2D eigenvalue weighted by Gasteiger charge is -2.18. The fourth-order valence-corrected chi connectivity index (χ4v) is 1.73. The van der Waals surface area contributed by atoms with Crippen LogP contribution in [0.1, 0.15) is 66.5 Å². The van der Waals surface area contributed by atoms with Gasteiger partial charge in [0.05, 0.1) is 18.4 Å². The summed E-state index contributed by atoms with van der Waals surface area (Å²) in [6, 6.07) is 0. The molecule has 0 fully saturated rings. The van der Waals surface area contributed by atoms with Gasteiger partial charge in [-0.3, -0.25) is 4.68 Å². The van der Waals surface area contributed by atoms with Crippen molar-refractivity contribution in [3.8, 4) is 0 Å². The Morgan fingerprint density at radius 2 is 1.79 bits per heavy atom. The Kier molecular flexibility index (Phi) is 5.53. The van der Waals surface area contributed by atoms with Gasteiger partial charge >= 0.3 is 0 Å². The molecular formula is C15H29N3O. The first kappa shape index (κ1) is 16.2. The molecule has 0 aliphatic carbocycles. The first-order valence-corrected chi connectivity index (χ1v) is 7.19. The molecule has 4 nitrogen and oxygen atoms in total. The molecule has 0 aromatic carbocycles. The fraction of sp³-hybridized carbons (Fsp3) is 0.867. The monoisotopic (exact) mass is 267 g/mol. The van der Waals surface area contributed by atoms with Crippen LogP contribution in [-0.2, 0) is 17.9 Å². The zero-order chi connectivity index (χ0) is 14.5. The van der Waals surface area contributed by atoms with Crippen LogP contribution < -0.4 is 0 Å². The van der Waals surface area contributed by atoms with Crippen LogP contribution in [0, 0.1) is 5.41 Å². The predicted molar refractivity (Wildman–Crippen MR) is 77.9 cm³/mol. The fourth-order valence-electron chi connectivity index (χ4n) is 1.73. The van der Waals surface area contributed by atoms with Gasteiger partial charge < -0.3 is 4.74 Å². The van der Waals surface area contributed by atoms with Gasteiger partial charge in [-0.2, -0.15) is 0 Å². The topological polar surface area (TPSA) is 39.9 Å². The van der Waals surface area contributed by atoms with Crippen molar-refractivity contribution >= 4 is 0 Å². The van der Waals surface area contributed by atoms with E-state index < -0.39 is 0 Å². The van der Waals surface area contributed by atoms with E-state index in [0.717, 1.165) is 18.7 Å². The summed E-state index contributed by atoms with van der Waals surface area (Å²) in [5.41, 5.74) is 1.20. The highest BCUT2D eigenvalue weighted by molar-refractivity contribution is 4.90. The zero-order valence-corrected chi connectivity index (χ0v) is 13.4. The van der Waals surface area contributed by atoms with Crippen molar-refractivity contribution in [3.05, 3.63) is 11.9 Å². The van der Waals surface area contributed by atoms with Crippen LogP contribution in [0.25, 0.3) is 0 Å². The minimum Gasteiger partial charge on any atom is -0.369 e. The van der Waals surface area contributed by atoms with Crippen molar-refractivity contribution in [1.82, 2.24) is 15.0 Å². The largest absolute Gasteiger partial charge is 0.369 e. The second-order valence-electron chi connectivity index (χ2n) is 7.39. The van der Waals surface area contributed by atoms with Crippen LogP contribution in [0.2, 0.25) is 0 Å². The van der Waals surface area contributed by atoms with Gasteiger partial charge in [0.2, 0.25) is 0 Å². The van der Waals surface area contributed by atoms with Crippen molar-refractivity contribution in [3.63, 3.8) is 0 Å². The summed E-state index contributed by atoms with van der Waals surface area (Å²) in [5, 5.41) is 8.27. The number of nitrogens with zero attached hydrogens (tertiary/aromatic N) is 3. The van der Waals surface area contributed by atoms with Crippen LogP contribution in [0.3, 0.4) is 0 Å². The summed E-state index contributed by atoms with van der Waals surface area (Å²) in [7, 11) is 0. The predicted octanol–water partition coefficient (Wildman–Crippen LogP) is 3.81. The summed E-state index contributed by atoms with van der Waals surface area (Å²) in [6.07, 6.45) is 5.63. The Balaban J connectivity index is 2.27. The quantitative estimate of drug-likeness (QED) is 0.736. The number of aromatic nitrogens is 3. The lowest BCUT2D eigenvalue weighted by atomic mass is 9.90. The van der Waals surface area contributed by atoms with Gasteiger partial charge in [-0.15, -0.1) is 5.10 Å². The number of unbranched alkanes of at least 4 members (excludes halogenated alkanes) is 1. The SMILES string of the molecule is CC(C)(C)CCCCn1cc(COC(C)(C)C)nn1. The second kappa shape index (κ2) is 6.51.